The Labute approximate surface area is 177 Å². The number of aliphatic carboxylic acids is 1. The highest BCUT2D eigenvalue weighted by atomic mass is 32.2. The van der Waals surface area contributed by atoms with Crippen LogP contribution in [0.4, 0.5) is 0 Å². The first kappa shape index (κ1) is 22.2. The summed E-state index contributed by atoms with van der Waals surface area (Å²) in [7, 11) is -3.44. The van der Waals surface area contributed by atoms with Gasteiger partial charge in [0, 0.05) is 11.0 Å². The lowest BCUT2D eigenvalue weighted by Gasteiger charge is -2.19. The van der Waals surface area contributed by atoms with Gasteiger partial charge < -0.3 is 14.6 Å². The molecule has 0 radical (unpaired) electrons. The number of benzene rings is 2. The first-order chi connectivity index (χ1) is 14.5. The van der Waals surface area contributed by atoms with Crippen LogP contribution in [-0.2, 0) is 24.1 Å². The van der Waals surface area contributed by atoms with Crippen LogP contribution in [0.15, 0.2) is 71.0 Å². The Balaban J connectivity index is 1.56. The minimum atomic E-state index is -3.44. The van der Waals surface area contributed by atoms with Crippen LogP contribution in [0.2, 0.25) is 0 Å². The van der Waals surface area contributed by atoms with E-state index in [4.69, 9.17) is 9.47 Å². The van der Waals surface area contributed by atoms with Crippen molar-refractivity contribution in [1.29, 1.82) is 0 Å². The van der Waals surface area contributed by atoms with Crippen molar-refractivity contribution in [2.75, 3.05) is 13.2 Å². The molecule has 0 saturated carbocycles. The third-order valence-corrected chi connectivity index (χ3v) is 6.49. The molecular weight excluding hydrogens is 404 g/mol. The first-order valence-corrected chi connectivity index (χ1v) is 11.5. The fourth-order valence-corrected chi connectivity index (χ4v) is 4.57. The summed E-state index contributed by atoms with van der Waals surface area (Å²) in [5.74, 6) is -1.55. The summed E-state index contributed by atoms with van der Waals surface area (Å²) < 4.78 is 35.6. The molecule has 0 aromatic heterocycles. The Kier molecular flexibility index (Phi) is 7.79. The molecule has 1 N–H and O–H groups in total. The number of hydrogen-bond acceptors (Lipinski definition) is 5. The van der Waals surface area contributed by atoms with Crippen molar-refractivity contribution in [2.45, 2.75) is 42.8 Å². The molecule has 1 unspecified atom stereocenters. The Hall–Kier alpha value is -2.48. The molecule has 0 amide bonds. The van der Waals surface area contributed by atoms with Gasteiger partial charge in [0.15, 0.2) is 16.1 Å². The van der Waals surface area contributed by atoms with Crippen molar-refractivity contribution >= 4 is 15.8 Å². The number of allylic oxidation sites excluding steroid dienone is 1. The van der Waals surface area contributed by atoms with Crippen LogP contribution in [0.5, 0.6) is 0 Å². The van der Waals surface area contributed by atoms with Crippen molar-refractivity contribution in [3.8, 4) is 0 Å². The predicted molar refractivity (Wildman–Crippen MR) is 113 cm³/mol. The monoisotopic (exact) mass is 430 g/mol. The van der Waals surface area contributed by atoms with Gasteiger partial charge in [0.05, 0.1) is 24.0 Å². The highest BCUT2D eigenvalue weighted by Gasteiger charge is 2.27. The molecule has 1 atom stereocenters. The van der Waals surface area contributed by atoms with Crippen LogP contribution >= 0.6 is 0 Å². The fraction of sp³-hybridized carbons (Fsp3) is 0.348. The SMILES string of the molecule is O=C(O)C(CCCC/C=C/S(=O)(=O)c1ccccc1)c1ccccc1C1OCCO1. The smallest absolute Gasteiger partial charge is 0.310 e. The van der Waals surface area contributed by atoms with Gasteiger partial charge in [0.25, 0.3) is 0 Å². The summed E-state index contributed by atoms with van der Waals surface area (Å²) in [6, 6.07) is 15.6. The largest absolute Gasteiger partial charge is 0.481 e. The lowest BCUT2D eigenvalue weighted by atomic mass is 9.89. The average molecular weight is 431 g/mol. The van der Waals surface area contributed by atoms with Gasteiger partial charge in [0.2, 0.25) is 0 Å². The maximum absolute atomic E-state index is 12.2. The van der Waals surface area contributed by atoms with Crippen LogP contribution in [0, 0.1) is 0 Å². The number of sulfone groups is 1. The molecule has 1 fully saturated rings. The number of rotatable bonds is 10. The Bertz CT molecular complexity index is 962. The number of ether oxygens (including phenoxy) is 2. The van der Waals surface area contributed by atoms with Crippen LogP contribution in [0.1, 0.15) is 49.0 Å². The standard InChI is InChI=1S/C23H26O6S/c24-22(25)20(19-12-7-8-14-21(19)23-28-15-16-29-23)13-6-1-2-9-17-30(26,27)18-10-4-3-5-11-18/h3-5,7-12,14,17,20,23H,1-2,6,13,15-16H2,(H,24,25)/b17-9+. The van der Waals surface area contributed by atoms with Gasteiger partial charge in [-0.1, -0.05) is 55.0 Å². The molecule has 160 valence electrons. The Morgan fingerprint density at radius 2 is 1.70 bits per heavy atom. The molecule has 1 aliphatic heterocycles. The van der Waals surface area contributed by atoms with E-state index >= 15 is 0 Å². The molecule has 7 heteroatoms. The molecule has 3 rings (SSSR count). The molecule has 2 aromatic rings. The van der Waals surface area contributed by atoms with Gasteiger partial charge in [0.1, 0.15) is 0 Å². The third kappa shape index (κ3) is 5.78. The summed E-state index contributed by atoms with van der Waals surface area (Å²) in [5.41, 5.74) is 1.47. The van der Waals surface area contributed by atoms with E-state index in [1.807, 2.05) is 24.3 Å². The van der Waals surface area contributed by atoms with Gasteiger partial charge in [-0.25, -0.2) is 8.42 Å². The molecule has 1 aliphatic rings. The van der Waals surface area contributed by atoms with Gasteiger partial charge in [-0.2, -0.15) is 0 Å². The van der Waals surface area contributed by atoms with E-state index in [0.717, 1.165) is 5.56 Å². The molecule has 0 aliphatic carbocycles. The highest BCUT2D eigenvalue weighted by molar-refractivity contribution is 7.94. The van der Waals surface area contributed by atoms with Gasteiger partial charge >= 0.3 is 5.97 Å². The fourth-order valence-electron chi connectivity index (χ4n) is 3.49. The lowest BCUT2D eigenvalue weighted by molar-refractivity contribution is -0.139. The molecule has 2 aromatic carbocycles. The van der Waals surface area contributed by atoms with E-state index in [0.29, 0.717) is 44.5 Å². The van der Waals surface area contributed by atoms with Crippen molar-refractivity contribution in [3.63, 3.8) is 0 Å². The molecule has 1 heterocycles. The van der Waals surface area contributed by atoms with E-state index < -0.39 is 28.0 Å². The van der Waals surface area contributed by atoms with Crippen LogP contribution < -0.4 is 0 Å². The maximum atomic E-state index is 12.2. The zero-order chi connectivity index (χ0) is 21.4. The predicted octanol–water partition coefficient (Wildman–Crippen LogP) is 4.45. The molecule has 1 saturated heterocycles. The average Bonchev–Trinajstić information content (AvgIpc) is 3.28. The summed E-state index contributed by atoms with van der Waals surface area (Å²) in [4.78, 5) is 12.2. The molecule has 0 bridgehead atoms. The van der Waals surface area contributed by atoms with Crippen molar-refractivity contribution in [1.82, 2.24) is 0 Å². The lowest BCUT2D eigenvalue weighted by Crippen LogP contribution is -2.15. The summed E-state index contributed by atoms with van der Waals surface area (Å²) >= 11 is 0. The van der Waals surface area contributed by atoms with E-state index in [-0.39, 0.29) is 4.90 Å². The minimum absolute atomic E-state index is 0.264. The van der Waals surface area contributed by atoms with Crippen LogP contribution in [0.25, 0.3) is 0 Å². The van der Waals surface area contributed by atoms with Crippen LogP contribution in [0.3, 0.4) is 0 Å². The Morgan fingerprint density at radius 3 is 2.40 bits per heavy atom. The number of unbranched alkanes of at least 4 members (excludes halogenated alkanes) is 2. The minimum Gasteiger partial charge on any atom is -0.481 e. The van der Waals surface area contributed by atoms with E-state index in [1.165, 1.54) is 5.41 Å². The highest BCUT2D eigenvalue weighted by Crippen LogP contribution is 2.33. The first-order valence-electron chi connectivity index (χ1n) is 10.0. The third-order valence-electron chi connectivity index (χ3n) is 5.01. The van der Waals surface area contributed by atoms with Crippen molar-refractivity contribution < 1.29 is 27.8 Å². The second-order valence-electron chi connectivity index (χ2n) is 7.11. The topological polar surface area (TPSA) is 89.9 Å². The second kappa shape index (κ2) is 10.5. The van der Waals surface area contributed by atoms with Crippen molar-refractivity contribution in [2.24, 2.45) is 0 Å². The number of carboxylic acids is 1. The molecule has 0 spiro atoms. The molecular formula is C23H26O6S. The number of carbonyl (C=O) groups is 1. The van der Waals surface area contributed by atoms with E-state index in [9.17, 15) is 18.3 Å². The van der Waals surface area contributed by atoms with Gasteiger partial charge in [-0.15, -0.1) is 0 Å². The van der Waals surface area contributed by atoms with Gasteiger partial charge in [-0.3, -0.25) is 4.79 Å². The zero-order valence-corrected chi connectivity index (χ0v) is 17.5. The van der Waals surface area contributed by atoms with E-state index in [2.05, 4.69) is 0 Å². The summed E-state index contributed by atoms with van der Waals surface area (Å²) in [6.07, 6.45) is 3.49. The summed E-state index contributed by atoms with van der Waals surface area (Å²) in [5, 5.41) is 11.0. The molecule has 30 heavy (non-hydrogen) atoms. The van der Waals surface area contributed by atoms with Crippen LogP contribution in [-0.4, -0.2) is 32.7 Å². The van der Waals surface area contributed by atoms with E-state index in [1.54, 1.807) is 36.4 Å². The van der Waals surface area contributed by atoms with Crippen molar-refractivity contribution in [3.05, 3.63) is 77.2 Å². The maximum Gasteiger partial charge on any atom is 0.310 e. The molecule has 6 nitrogen and oxygen atoms in total. The number of carboxylic acid groups (broad SMARTS) is 1. The normalized spacial score (nSPS) is 16.1. The summed E-state index contributed by atoms with van der Waals surface area (Å²) in [6.45, 7) is 0.990. The second-order valence-corrected chi connectivity index (χ2v) is 8.94. The van der Waals surface area contributed by atoms with Gasteiger partial charge in [-0.05, 0) is 37.0 Å². The zero-order valence-electron chi connectivity index (χ0n) is 16.6. The Morgan fingerprint density at radius 1 is 1.03 bits per heavy atom. The number of hydrogen-bond donors (Lipinski definition) is 1. The quantitative estimate of drug-likeness (QED) is 0.560.